The number of benzene rings is 2. The van der Waals surface area contributed by atoms with Crippen LogP contribution in [0.4, 0.5) is 15.8 Å². The second-order valence-electron chi connectivity index (χ2n) is 4.17. The van der Waals surface area contributed by atoms with Crippen LogP contribution >= 0.6 is 11.6 Å². The first kappa shape index (κ1) is 13.4. The molecule has 0 spiro atoms. The van der Waals surface area contributed by atoms with Gasteiger partial charge in [-0.1, -0.05) is 17.7 Å². The summed E-state index contributed by atoms with van der Waals surface area (Å²) in [7, 11) is 0. The molecule has 0 aromatic heterocycles. The fraction of sp³-hybridized carbons (Fsp3) is 0.0714. The van der Waals surface area contributed by atoms with E-state index in [9.17, 15) is 9.18 Å². The van der Waals surface area contributed by atoms with Gasteiger partial charge in [0.1, 0.15) is 5.82 Å². The second-order valence-corrected chi connectivity index (χ2v) is 4.61. The van der Waals surface area contributed by atoms with E-state index >= 15 is 0 Å². The van der Waals surface area contributed by atoms with Crippen LogP contribution in [-0.2, 0) is 0 Å². The largest absolute Gasteiger partial charge is 0.398 e. The number of nitrogen functional groups attached to an aromatic ring is 1. The number of hydrogen-bond donors (Lipinski definition) is 2. The number of nitrogens with one attached hydrogen (secondary N) is 1. The van der Waals surface area contributed by atoms with E-state index in [-0.39, 0.29) is 10.7 Å². The molecule has 0 saturated heterocycles. The van der Waals surface area contributed by atoms with E-state index in [1.54, 1.807) is 18.2 Å². The summed E-state index contributed by atoms with van der Waals surface area (Å²) in [5, 5.41) is 2.73. The third-order valence-electron chi connectivity index (χ3n) is 2.63. The van der Waals surface area contributed by atoms with Gasteiger partial charge in [-0.15, -0.1) is 0 Å². The van der Waals surface area contributed by atoms with Gasteiger partial charge in [-0.05, 0) is 42.8 Å². The number of rotatable bonds is 2. The minimum Gasteiger partial charge on any atom is -0.398 e. The van der Waals surface area contributed by atoms with Crippen molar-refractivity contribution in [2.75, 3.05) is 11.1 Å². The molecule has 1 amide bonds. The van der Waals surface area contributed by atoms with Gasteiger partial charge >= 0.3 is 0 Å². The van der Waals surface area contributed by atoms with Crippen LogP contribution in [0.15, 0.2) is 36.4 Å². The average Bonchev–Trinajstić information content (AvgIpc) is 2.32. The molecule has 0 atom stereocenters. The molecule has 0 aliphatic heterocycles. The van der Waals surface area contributed by atoms with E-state index in [4.69, 9.17) is 17.3 Å². The summed E-state index contributed by atoms with van der Waals surface area (Å²) in [5.41, 5.74) is 7.44. The number of halogens is 2. The first-order valence-electron chi connectivity index (χ1n) is 5.60. The fourth-order valence-corrected chi connectivity index (χ4v) is 1.83. The predicted octanol–water partition coefficient (Wildman–Crippen LogP) is 3.62. The summed E-state index contributed by atoms with van der Waals surface area (Å²) in [6.07, 6.45) is 0. The molecular formula is C14H12ClFN2O. The van der Waals surface area contributed by atoms with Gasteiger partial charge in [0.05, 0.1) is 11.3 Å². The molecule has 2 rings (SSSR count). The van der Waals surface area contributed by atoms with Gasteiger partial charge in [0.15, 0.2) is 0 Å². The number of anilines is 2. The predicted molar refractivity (Wildman–Crippen MR) is 75.0 cm³/mol. The van der Waals surface area contributed by atoms with Gasteiger partial charge in [0.25, 0.3) is 5.91 Å². The molecule has 0 fully saturated rings. The average molecular weight is 279 g/mol. The molecule has 0 unspecified atom stereocenters. The van der Waals surface area contributed by atoms with Crippen molar-refractivity contribution in [3.05, 3.63) is 58.4 Å². The van der Waals surface area contributed by atoms with Gasteiger partial charge in [-0.25, -0.2) is 4.39 Å². The topological polar surface area (TPSA) is 55.1 Å². The Morgan fingerprint density at radius 1 is 1.26 bits per heavy atom. The first-order chi connectivity index (χ1) is 8.97. The number of aryl methyl sites for hydroxylation is 1. The van der Waals surface area contributed by atoms with Gasteiger partial charge in [-0.3, -0.25) is 4.79 Å². The summed E-state index contributed by atoms with van der Waals surface area (Å²) in [6.45, 7) is 1.87. The molecule has 2 aromatic rings. The molecule has 2 aromatic carbocycles. The van der Waals surface area contributed by atoms with Crippen LogP contribution in [0.25, 0.3) is 0 Å². The monoisotopic (exact) mass is 278 g/mol. The third-order valence-corrected chi connectivity index (χ3v) is 2.87. The summed E-state index contributed by atoms with van der Waals surface area (Å²) in [5.74, 6) is -1.05. The van der Waals surface area contributed by atoms with Crippen LogP contribution < -0.4 is 11.1 Å². The number of nitrogens with two attached hydrogens (primary N) is 1. The van der Waals surface area contributed by atoms with Crippen molar-refractivity contribution >= 4 is 28.9 Å². The van der Waals surface area contributed by atoms with Crippen molar-refractivity contribution in [3.63, 3.8) is 0 Å². The Morgan fingerprint density at radius 3 is 2.63 bits per heavy atom. The Balaban J connectivity index is 2.25. The third kappa shape index (κ3) is 3.03. The lowest BCUT2D eigenvalue weighted by Crippen LogP contribution is -2.15. The summed E-state index contributed by atoms with van der Waals surface area (Å²) in [6, 6.07) is 9.10. The molecule has 0 bridgehead atoms. The number of amides is 1. The maximum atomic E-state index is 13.6. The van der Waals surface area contributed by atoms with Crippen LogP contribution in [0, 0.1) is 12.7 Å². The minimum absolute atomic E-state index is 0.0642. The van der Waals surface area contributed by atoms with Crippen LogP contribution in [0.5, 0.6) is 0 Å². The van der Waals surface area contributed by atoms with E-state index in [2.05, 4.69) is 5.32 Å². The number of carbonyl (C=O) groups is 1. The SMILES string of the molecule is Cc1ccc(C(=O)Nc2ccc(Cl)cc2F)c(N)c1. The zero-order chi connectivity index (χ0) is 14.0. The lowest BCUT2D eigenvalue weighted by atomic mass is 10.1. The van der Waals surface area contributed by atoms with Crippen molar-refractivity contribution in [2.24, 2.45) is 0 Å². The van der Waals surface area contributed by atoms with Crippen LogP contribution in [-0.4, -0.2) is 5.91 Å². The Bertz CT molecular complexity index is 643. The highest BCUT2D eigenvalue weighted by molar-refractivity contribution is 6.30. The lowest BCUT2D eigenvalue weighted by molar-refractivity contribution is 0.102. The smallest absolute Gasteiger partial charge is 0.257 e. The zero-order valence-electron chi connectivity index (χ0n) is 10.2. The number of hydrogen-bond acceptors (Lipinski definition) is 2. The van der Waals surface area contributed by atoms with Gasteiger partial charge < -0.3 is 11.1 Å². The van der Waals surface area contributed by atoms with E-state index in [0.29, 0.717) is 11.3 Å². The van der Waals surface area contributed by atoms with Crippen molar-refractivity contribution in [1.29, 1.82) is 0 Å². The quantitative estimate of drug-likeness (QED) is 0.824. The van der Waals surface area contributed by atoms with Crippen molar-refractivity contribution in [3.8, 4) is 0 Å². The van der Waals surface area contributed by atoms with Gasteiger partial charge in [0.2, 0.25) is 0 Å². The van der Waals surface area contributed by atoms with Crippen LogP contribution in [0.3, 0.4) is 0 Å². The van der Waals surface area contributed by atoms with Crippen LogP contribution in [0.2, 0.25) is 5.02 Å². The molecule has 3 N–H and O–H groups in total. The zero-order valence-corrected chi connectivity index (χ0v) is 11.0. The second kappa shape index (κ2) is 5.28. The summed E-state index contributed by atoms with van der Waals surface area (Å²) in [4.78, 5) is 12.0. The van der Waals surface area contributed by atoms with E-state index in [1.807, 2.05) is 6.92 Å². The molecule has 0 aliphatic carbocycles. The molecule has 98 valence electrons. The highest BCUT2D eigenvalue weighted by atomic mass is 35.5. The Hall–Kier alpha value is -2.07. The maximum absolute atomic E-state index is 13.6. The van der Waals surface area contributed by atoms with Crippen molar-refractivity contribution in [2.45, 2.75) is 6.92 Å². The molecule has 0 saturated carbocycles. The molecular weight excluding hydrogens is 267 g/mol. The molecule has 3 nitrogen and oxygen atoms in total. The van der Waals surface area contributed by atoms with E-state index in [1.165, 1.54) is 12.1 Å². The highest BCUT2D eigenvalue weighted by Crippen LogP contribution is 2.21. The Labute approximate surface area is 115 Å². The summed E-state index contributed by atoms with van der Waals surface area (Å²) >= 11 is 5.64. The van der Waals surface area contributed by atoms with E-state index < -0.39 is 11.7 Å². The van der Waals surface area contributed by atoms with Crippen molar-refractivity contribution in [1.82, 2.24) is 0 Å². The molecule has 0 aliphatic rings. The van der Waals surface area contributed by atoms with E-state index in [0.717, 1.165) is 11.6 Å². The molecule has 0 radical (unpaired) electrons. The number of carbonyl (C=O) groups excluding carboxylic acids is 1. The molecule has 19 heavy (non-hydrogen) atoms. The van der Waals surface area contributed by atoms with Gasteiger partial charge in [-0.2, -0.15) is 0 Å². The summed E-state index contributed by atoms with van der Waals surface area (Å²) < 4.78 is 13.6. The maximum Gasteiger partial charge on any atom is 0.257 e. The first-order valence-corrected chi connectivity index (χ1v) is 5.97. The minimum atomic E-state index is -0.591. The van der Waals surface area contributed by atoms with Crippen molar-refractivity contribution < 1.29 is 9.18 Å². The fourth-order valence-electron chi connectivity index (χ4n) is 1.67. The normalized spacial score (nSPS) is 10.3. The van der Waals surface area contributed by atoms with Gasteiger partial charge in [0, 0.05) is 10.7 Å². The lowest BCUT2D eigenvalue weighted by Gasteiger charge is -2.09. The Kier molecular flexibility index (Phi) is 3.71. The highest BCUT2D eigenvalue weighted by Gasteiger charge is 2.12. The molecule has 0 heterocycles. The standard InChI is InChI=1S/C14H12ClFN2O/c1-8-2-4-10(12(17)6-8)14(19)18-13-5-3-9(15)7-11(13)16/h2-7H,17H2,1H3,(H,18,19). The van der Waals surface area contributed by atoms with Crippen LogP contribution in [0.1, 0.15) is 15.9 Å². The Morgan fingerprint density at radius 2 is 2.00 bits per heavy atom. The molecule has 5 heteroatoms.